The number of benzene rings is 2. The summed E-state index contributed by atoms with van der Waals surface area (Å²) in [6.45, 7) is 3.93. The number of hydrogen-bond donors (Lipinski definition) is 0. The second-order valence-electron chi connectivity index (χ2n) is 4.67. The molecule has 1 heterocycles. The van der Waals surface area contributed by atoms with Gasteiger partial charge in [0, 0.05) is 11.8 Å². The Bertz CT molecular complexity index is 684. The summed E-state index contributed by atoms with van der Waals surface area (Å²) in [6.07, 6.45) is 5.88. The van der Waals surface area contributed by atoms with Gasteiger partial charge in [0.05, 0.1) is 12.2 Å². The van der Waals surface area contributed by atoms with Crippen molar-refractivity contribution < 1.29 is 0 Å². The summed E-state index contributed by atoms with van der Waals surface area (Å²) < 4.78 is 1.95. The fraction of sp³-hybridized carbons (Fsp3) is 0.0556. The number of allylic oxidation sites excluding steroid dienone is 1. The molecular formula is C18H16N2. The van der Waals surface area contributed by atoms with Crippen LogP contribution >= 0.6 is 0 Å². The molecule has 3 rings (SSSR count). The van der Waals surface area contributed by atoms with Crippen LogP contribution in [0.1, 0.15) is 11.6 Å². The van der Waals surface area contributed by atoms with Crippen molar-refractivity contribution in [2.75, 3.05) is 0 Å². The summed E-state index contributed by atoms with van der Waals surface area (Å²) in [6, 6.07) is 20.6. The van der Waals surface area contributed by atoms with Crippen LogP contribution in [-0.2, 0) is 0 Å². The van der Waals surface area contributed by atoms with Gasteiger partial charge in [0.2, 0.25) is 0 Å². The van der Waals surface area contributed by atoms with Crippen LogP contribution in [0.15, 0.2) is 85.7 Å². The number of aromatic nitrogens is 2. The first-order valence-corrected chi connectivity index (χ1v) is 6.65. The van der Waals surface area contributed by atoms with Crippen molar-refractivity contribution in [3.05, 3.63) is 91.3 Å². The zero-order valence-electron chi connectivity index (χ0n) is 11.2. The van der Waals surface area contributed by atoms with E-state index in [1.165, 1.54) is 11.1 Å². The SMILES string of the molecule is C=C[C@H](c1ccccc1)n1cc(-c2ccccc2)cn1. The Morgan fingerprint density at radius 1 is 0.900 bits per heavy atom. The molecule has 0 fully saturated rings. The highest BCUT2D eigenvalue weighted by Crippen LogP contribution is 2.23. The molecule has 0 unspecified atom stereocenters. The molecule has 0 spiro atoms. The highest BCUT2D eigenvalue weighted by molar-refractivity contribution is 5.61. The highest BCUT2D eigenvalue weighted by atomic mass is 15.3. The molecule has 2 aromatic carbocycles. The van der Waals surface area contributed by atoms with E-state index in [1.54, 1.807) is 0 Å². The Hall–Kier alpha value is -2.61. The summed E-state index contributed by atoms with van der Waals surface area (Å²) in [7, 11) is 0. The standard InChI is InChI=1S/C18H16N2/c1-2-18(16-11-7-4-8-12-16)20-14-17(13-19-20)15-9-5-3-6-10-15/h2-14,18H,1H2/t18-/m1/s1. The van der Waals surface area contributed by atoms with Crippen molar-refractivity contribution in [1.29, 1.82) is 0 Å². The van der Waals surface area contributed by atoms with Gasteiger partial charge in [-0.05, 0) is 11.1 Å². The van der Waals surface area contributed by atoms with E-state index in [-0.39, 0.29) is 6.04 Å². The van der Waals surface area contributed by atoms with Gasteiger partial charge in [-0.25, -0.2) is 0 Å². The molecule has 0 aliphatic rings. The van der Waals surface area contributed by atoms with E-state index in [2.05, 4.69) is 42.1 Å². The third kappa shape index (κ3) is 2.41. The summed E-state index contributed by atoms with van der Waals surface area (Å²) in [5.74, 6) is 0. The second-order valence-corrected chi connectivity index (χ2v) is 4.67. The lowest BCUT2D eigenvalue weighted by Gasteiger charge is -2.13. The molecule has 0 radical (unpaired) electrons. The molecule has 0 saturated heterocycles. The van der Waals surface area contributed by atoms with E-state index < -0.39 is 0 Å². The van der Waals surface area contributed by atoms with E-state index in [0.29, 0.717) is 0 Å². The van der Waals surface area contributed by atoms with Crippen LogP contribution < -0.4 is 0 Å². The molecule has 0 bridgehead atoms. The van der Waals surface area contributed by atoms with Crippen molar-refractivity contribution >= 4 is 0 Å². The van der Waals surface area contributed by atoms with E-state index in [9.17, 15) is 0 Å². The first-order chi connectivity index (χ1) is 9.88. The Morgan fingerprint density at radius 2 is 1.55 bits per heavy atom. The van der Waals surface area contributed by atoms with Gasteiger partial charge in [0.15, 0.2) is 0 Å². The lowest BCUT2D eigenvalue weighted by Crippen LogP contribution is -2.07. The zero-order valence-corrected chi connectivity index (χ0v) is 11.2. The maximum absolute atomic E-state index is 4.49. The molecule has 0 aliphatic heterocycles. The number of nitrogens with zero attached hydrogens (tertiary/aromatic N) is 2. The van der Waals surface area contributed by atoms with Crippen LogP contribution in [-0.4, -0.2) is 9.78 Å². The number of hydrogen-bond acceptors (Lipinski definition) is 1. The van der Waals surface area contributed by atoms with Crippen LogP contribution in [0.25, 0.3) is 11.1 Å². The van der Waals surface area contributed by atoms with Crippen molar-refractivity contribution in [3.63, 3.8) is 0 Å². The molecule has 2 nitrogen and oxygen atoms in total. The van der Waals surface area contributed by atoms with Gasteiger partial charge in [-0.2, -0.15) is 5.10 Å². The van der Waals surface area contributed by atoms with Crippen molar-refractivity contribution in [2.24, 2.45) is 0 Å². The largest absolute Gasteiger partial charge is 0.261 e. The smallest absolute Gasteiger partial charge is 0.0947 e. The third-order valence-electron chi connectivity index (χ3n) is 3.36. The van der Waals surface area contributed by atoms with Crippen LogP contribution in [0.2, 0.25) is 0 Å². The van der Waals surface area contributed by atoms with Gasteiger partial charge in [-0.3, -0.25) is 4.68 Å². The lowest BCUT2D eigenvalue weighted by molar-refractivity contribution is 0.613. The quantitative estimate of drug-likeness (QED) is 0.639. The number of rotatable bonds is 4. The molecule has 0 saturated carbocycles. The topological polar surface area (TPSA) is 17.8 Å². The van der Waals surface area contributed by atoms with Crippen molar-refractivity contribution in [1.82, 2.24) is 9.78 Å². The Balaban J connectivity index is 1.95. The average molecular weight is 260 g/mol. The minimum Gasteiger partial charge on any atom is -0.261 e. The van der Waals surface area contributed by atoms with Crippen LogP contribution in [0.5, 0.6) is 0 Å². The van der Waals surface area contributed by atoms with E-state index in [1.807, 2.05) is 53.4 Å². The van der Waals surface area contributed by atoms with Gasteiger partial charge in [-0.1, -0.05) is 66.7 Å². The normalized spacial score (nSPS) is 12.0. The Morgan fingerprint density at radius 3 is 2.20 bits per heavy atom. The lowest BCUT2D eigenvalue weighted by atomic mass is 10.1. The molecule has 1 aromatic heterocycles. The molecule has 98 valence electrons. The molecule has 0 amide bonds. The summed E-state index contributed by atoms with van der Waals surface area (Å²) in [5, 5.41) is 4.49. The molecule has 1 atom stereocenters. The maximum atomic E-state index is 4.49. The van der Waals surface area contributed by atoms with E-state index in [0.717, 1.165) is 5.56 Å². The van der Waals surface area contributed by atoms with Gasteiger partial charge in [-0.15, -0.1) is 6.58 Å². The van der Waals surface area contributed by atoms with Crippen LogP contribution in [0, 0.1) is 0 Å². The summed E-state index contributed by atoms with van der Waals surface area (Å²) in [5.41, 5.74) is 3.48. The predicted octanol–water partition coefficient (Wildman–Crippen LogP) is 4.33. The molecule has 2 heteroatoms. The maximum Gasteiger partial charge on any atom is 0.0947 e. The predicted molar refractivity (Wildman–Crippen MR) is 82.4 cm³/mol. The Kier molecular flexibility index (Phi) is 3.46. The Labute approximate surface area is 119 Å². The molecule has 0 N–H and O–H groups in total. The van der Waals surface area contributed by atoms with Gasteiger partial charge in [0.25, 0.3) is 0 Å². The molecule has 3 aromatic rings. The second kappa shape index (κ2) is 5.57. The highest BCUT2D eigenvalue weighted by Gasteiger charge is 2.11. The van der Waals surface area contributed by atoms with Gasteiger partial charge >= 0.3 is 0 Å². The average Bonchev–Trinajstić information content (AvgIpc) is 3.00. The summed E-state index contributed by atoms with van der Waals surface area (Å²) >= 11 is 0. The third-order valence-corrected chi connectivity index (χ3v) is 3.36. The fourth-order valence-corrected chi connectivity index (χ4v) is 2.32. The van der Waals surface area contributed by atoms with Crippen molar-refractivity contribution in [2.45, 2.75) is 6.04 Å². The van der Waals surface area contributed by atoms with Crippen molar-refractivity contribution in [3.8, 4) is 11.1 Å². The first kappa shape index (κ1) is 12.4. The molecular weight excluding hydrogens is 244 g/mol. The minimum atomic E-state index is 0.0636. The monoisotopic (exact) mass is 260 g/mol. The van der Waals surface area contributed by atoms with Crippen LogP contribution in [0.4, 0.5) is 0 Å². The van der Waals surface area contributed by atoms with Gasteiger partial charge in [0.1, 0.15) is 0 Å². The van der Waals surface area contributed by atoms with E-state index >= 15 is 0 Å². The van der Waals surface area contributed by atoms with Crippen LogP contribution in [0.3, 0.4) is 0 Å². The summed E-state index contributed by atoms with van der Waals surface area (Å²) in [4.78, 5) is 0. The first-order valence-electron chi connectivity index (χ1n) is 6.65. The van der Waals surface area contributed by atoms with E-state index in [4.69, 9.17) is 0 Å². The fourth-order valence-electron chi connectivity index (χ4n) is 2.32. The molecule has 20 heavy (non-hydrogen) atoms. The van der Waals surface area contributed by atoms with Gasteiger partial charge < -0.3 is 0 Å². The molecule has 0 aliphatic carbocycles. The zero-order chi connectivity index (χ0) is 13.8. The minimum absolute atomic E-state index is 0.0636.